The largest absolute Gasteiger partial charge is 0.329 e. The SMILES string of the molecule is CN(CC1CC1)S(=O)(=O)NC(CN)C1CCCCC1. The lowest BCUT2D eigenvalue weighted by Crippen LogP contribution is -2.50. The molecule has 2 fully saturated rings. The Bertz CT molecular complexity index is 375. The average Bonchev–Trinajstić information content (AvgIpc) is 3.21. The van der Waals surface area contributed by atoms with Gasteiger partial charge in [0.1, 0.15) is 0 Å². The highest BCUT2D eigenvalue weighted by Crippen LogP contribution is 2.30. The van der Waals surface area contributed by atoms with Gasteiger partial charge in [0.05, 0.1) is 0 Å². The van der Waals surface area contributed by atoms with Gasteiger partial charge in [-0.25, -0.2) is 0 Å². The van der Waals surface area contributed by atoms with Gasteiger partial charge >= 0.3 is 0 Å². The van der Waals surface area contributed by atoms with Gasteiger partial charge in [-0.3, -0.25) is 0 Å². The predicted octanol–water partition coefficient (Wildman–Crippen LogP) is 1.07. The highest BCUT2D eigenvalue weighted by atomic mass is 32.2. The molecular formula is C13H27N3O2S. The van der Waals surface area contributed by atoms with E-state index in [-0.39, 0.29) is 6.04 Å². The standard InChI is InChI=1S/C13H27N3O2S/c1-16(10-11-7-8-11)19(17,18)15-13(9-14)12-5-3-2-4-6-12/h11-13,15H,2-10,14H2,1H3. The van der Waals surface area contributed by atoms with Crippen LogP contribution in [0, 0.1) is 11.8 Å². The molecule has 0 amide bonds. The number of nitrogens with two attached hydrogens (primary N) is 1. The fourth-order valence-electron chi connectivity index (χ4n) is 2.92. The lowest BCUT2D eigenvalue weighted by atomic mass is 9.84. The van der Waals surface area contributed by atoms with E-state index in [1.54, 1.807) is 7.05 Å². The first-order valence-corrected chi connectivity index (χ1v) is 8.90. The summed E-state index contributed by atoms with van der Waals surface area (Å²) in [5, 5.41) is 0. The molecule has 0 aromatic heterocycles. The lowest BCUT2D eigenvalue weighted by molar-refractivity contribution is 0.289. The Morgan fingerprint density at radius 3 is 2.37 bits per heavy atom. The number of nitrogens with zero attached hydrogens (tertiary/aromatic N) is 1. The van der Waals surface area contributed by atoms with Crippen LogP contribution in [0.25, 0.3) is 0 Å². The minimum Gasteiger partial charge on any atom is -0.329 e. The molecule has 2 aliphatic carbocycles. The summed E-state index contributed by atoms with van der Waals surface area (Å²) in [6.07, 6.45) is 8.16. The zero-order valence-electron chi connectivity index (χ0n) is 11.8. The van der Waals surface area contributed by atoms with Crippen LogP contribution in [0.2, 0.25) is 0 Å². The van der Waals surface area contributed by atoms with Crippen molar-refractivity contribution in [3.8, 4) is 0 Å². The predicted molar refractivity (Wildman–Crippen MR) is 76.8 cm³/mol. The average molecular weight is 289 g/mol. The van der Waals surface area contributed by atoms with E-state index in [0.29, 0.717) is 24.9 Å². The highest BCUT2D eigenvalue weighted by molar-refractivity contribution is 7.87. The van der Waals surface area contributed by atoms with E-state index in [4.69, 9.17) is 5.73 Å². The topological polar surface area (TPSA) is 75.4 Å². The van der Waals surface area contributed by atoms with E-state index in [1.807, 2.05) is 0 Å². The molecule has 19 heavy (non-hydrogen) atoms. The molecule has 2 rings (SSSR count). The minimum absolute atomic E-state index is 0.105. The van der Waals surface area contributed by atoms with Crippen LogP contribution < -0.4 is 10.5 Å². The fourth-order valence-corrected chi connectivity index (χ4v) is 4.18. The third-order valence-corrected chi connectivity index (χ3v) is 5.97. The molecule has 5 nitrogen and oxygen atoms in total. The Hall–Kier alpha value is -0.170. The van der Waals surface area contributed by atoms with Gasteiger partial charge in [-0.1, -0.05) is 19.3 Å². The van der Waals surface area contributed by atoms with Crippen LogP contribution >= 0.6 is 0 Å². The fraction of sp³-hybridized carbons (Fsp3) is 1.00. The molecule has 0 saturated heterocycles. The maximum Gasteiger partial charge on any atom is 0.279 e. The molecule has 112 valence electrons. The number of hydrogen-bond donors (Lipinski definition) is 2. The summed E-state index contributed by atoms with van der Waals surface area (Å²) in [6, 6.07) is -0.105. The zero-order valence-corrected chi connectivity index (χ0v) is 12.7. The highest BCUT2D eigenvalue weighted by Gasteiger charge is 2.31. The molecule has 1 unspecified atom stereocenters. The Morgan fingerprint density at radius 1 is 1.21 bits per heavy atom. The van der Waals surface area contributed by atoms with Crippen molar-refractivity contribution in [3.05, 3.63) is 0 Å². The maximum absolute atomic E-state index is 12.3. The molecule has 0 heterocycles. The van der Waals surface area contributed by atoms with E-state index in [2.05, 4.69) is 4.72 Å². The molecule has 3 N–H and O–H groups in total. The molecule has 0 radical (unpaired) electrons. The molecule has 6 heteroatoms. The van der Waals surface area contributed by atoms with Crippen LogP contribution in [-0.2, 0) is 10.2 Å². The van der Waals surface area contributed by atoms with Gasteiger partial charge in [0.2, 0.25) is 0 Å². The monoisotopic (exact) mass is 289 g/mol. The molecular weight excluding hydrogens is 262 g/mol. The first kappa shape index (κ1) is 15.2. The van der Waals surface area contributed by atoms with E-state index >= 15 is 0 Å². The van der Waals surface area contributed by atoms with Gasteiger partial charge in [0, 0.05) is 26.2 Å². The molecule has 0 aliphatic heterocycles. The second kappa shape index (κ2) is 6.52. The van der Waals surface area contributed by atoms with Crippen molar-refractivity contribution in [1.82, 2.24) is 9.03 Å². The van der Waals surface area contributed by atoms with E-state index < -0.39 is 10.2 Å². The van der Waals surface area contributed by atoms with Gasteiger partial charge in [-0.15, -0.1) is 0 Å². The number of rotatable bonds is 7. The van der Waals surface area contributed by atoms with Crippen molar-refractivity contribution in [2.75, 3.05) is 20.1 Å². The van der Waals surface area contributed by atoms with Crippen LogP contribution in [-0.4, -0.2) is 38.9 Å². The minimum atomic E-state index is -3.37. The molecule has 2 aliphatic rings. The van der Waals surface area contributed by atoms with Crippen molar-refractivity contribution < 1.29 is 8.42 Å². The Morgan fingerprint density at radius 2 is 1.84 bits per heavy atom. The van der Waals surface area contributed by atoms with Crippen molar-refractivity contribution in [1.29, 1.82) is 0 Å². The summed E-state index contributed by atoms with van der Waals surface area (Å²) in [6.45, 7) is 1.03. The second-order valence-corrected chi connectivity index (χ2v) is 7.90. The van der Waals surface area contributed by atoms with E-state index in [1.165, 1.54) is 23.6 Å². The molecule has 0 aromatic rings. The summed E-state index contributed by atoms with van der Waals surface area (Å²) in [4.78, 5) is 0. The quantitative estimate of drug-likeness (QED) is 0.736. The first-order chi connectivity index (χ1) is 9.03. The molecule has 2 saturated carbocycles. The van der Waals surface area contributed by atoms with E-state index in [9.17, 15) is 8.42 Å². The van der Waals surface area contributed by atoms with Crippen LogP contribution in [0.5, 0.6) is 0 Å². The Kier molecular flexibility index (Phi) is 5.22. The number of nitrogens with one attached hydrogen (secondary N) is 1. The summed E-state index contributed by atoms with van der Waals surface area (Å²) in [7, 11) is -1.71. The van der Waals surface area contributed by atoms with Crippen molar-refractivity contribution in [2.24, 2.45) is 17.6 Å². The smallest absolute Gasteiger partial charge is 0.279 e. The van der Waals surface area contributed by atoms with E-state index in [0.717, 1.165) is 25.7 Å². The molecule has 0 bridgehead atoms. The van der Waals surface area contributed by atoms with Crippen molar-refractivity contribution in [2.45, 2.75) is 51.0 Å². The van der Waals surface area contributed by atoms with Gasteiger partial charge in [0.25, 0.3) is 10.2 Å². The summed E-state index contributed by atoms with van der Waals surface area (Å²) >= 11 is 0. The van der Waals surface area contributed by atoms with Gasteiger partial charge in [-0.05, 0) is 37.5 Å². The molecule has 1 atom stereocenters. The molecule has 0 spiro atoms. The van der Waals surface area contributed by atoms with Crippen LogP contribution in [0.15, 0.2) is 0 Å². The second-order valence-electron chi connectivity index (χ2n) is 6.09. The van der Waals surface area contributed by atoms with Crippen molar-refractivity contribution in [3.63, 3.8) is 0 Å². The number of hydrogen-bond acceptors (Lipinski definition) is 3. The van der Waals surface area contributed by atoms with Crippen molar-refractivity contribution >= 4 is 10.2 Å². The van der Waals surface area contributed by atoms with Crippen LogP contribution in [0.4, 0.5) is 0 Å². The van der Waals surface area contributed by atoms with Gasteiger partial charge in [0.15, 0.2) is 0 Å². The third kappa shape index (κ3) is 4.41. The maximum atomic E-state index is 12.3. The normalized spacial score (nSPS) is 23.7. The Labute approximate surface area is 117 Å². The Balaban J connectivity index is 1.91. The zero-order chi connectivity index (χ0) is 13.9. The van der Waals surface area contributed by atoms with Gasteiger partial charge in [-0.2, -0.15) is 17.4 Å². The lowest BCUT2D eigenvalue weighted by Gasteiger charge is -2.31. The summed E-state index contributed by atoms with van der Waals surface area (Å²) in [5.41, 5.74) is 5.78. The summed E-state index contributed by atoms with van der Waals surface area (Å²) < 4.78 is 28.8. The molecule has 0 aromatic carbocycles. The first-order valence-electron chi connectivity index (χ1n) is 7.46. The summed E-state index contributed by atoms with van der Waals surface area (Å²) in [5.74, 6) is 0.968. The third-order valence-electron chi connectivity index (χ3n) is 4.40. The van der Waals surface area contributed by atoms with Crippen LogP contribution in [0.1, 0.15) is 44.9 Å². The van der Waals surface area contributed by atoms with Gasteiger partial charge < -0.3 is 5.73 Å². The van der Waals surface area contributed by atoms with Crippen LogP contribution in [0.3, 0.4) is 0 Å².